The van der Waals surface area contributed by atoms with Gasteiger partial charge in [-0.3, -0.25) is 4.90 Å². The molecule has 0 spiro atoms. The van der Waals surface area contributed by atoms with Crippen molar-refractivity contribution in [3.63, 3.8) is 0 Å². The fourth-order valence-electron chi connectivity index (χ4n) is 4.59. The second-order valence-corrected chi connectivity index (χ2v) is 8.87. The molecule has 0 aliphatic carbocycles. The molecular weight excluding hydrogens is 436 g/mol. The standard InChI is InChI=1S/C27H25ClN2O3/c1-18-22-11-12-24(31)23(17-29-13-15-30(16-14-29)21-5-3-2-4-6-21)26(22)33-27(32)25(18)19-7-9-20(28)10-8-19/h2-12,31H,13-17H2,1H3. The summed E-state index contributed by atoms with van der Waals surface area (Å²) in [5.41, 5.74) is 4.04. The van der Waals surface area contributed by atoms with Gasteiger partial charge in [-0.15, -0.1) is 0 Å². The van der Waals surface area contributed by atoms with Gasteiger partial charge >= 0.3 is 5.63 Å². The van der Waals surface area contributed by atoms with Gasteiger partial charge in [0.2, 0.25) is 0 Å². The van der Waals surface area contributed by atoms with Crippen LogP contribution < -0.4 is 10.5 Å². The van der Waals surface area contributed by atoms with E-state index in [-0.39, 0.29) is 5.75 Å². The predicted octanol–water partition coefficient (Wildman–Crippen LogP) is 5.45. The number of hydrogen-bond acceptors (Lipinski definition) is 5. The summed E-state index contributed by atoms with van der Waals surface area (Å²) in [5, 5.41) is 12.1. The molecule has 0 atom stereocenters. The highest BCUT2D eigenvalue weighted by molar-refractivity contribution is 6.30. The van der Waals surface area contributed by atoms with E-state index < -0.39 is 5.63 Å². The SMILES string of the molecule is Cc1c(-c2ccc(Cl)cc2)c(=O)oc2c(CN3CCN(c4ccccc4)CC3)c(O)ccc12. The molecule has 1 N–H and O–H groups in total. The molecule has 1 aromatic heterocycles. The second-order valence-electron chi connectivity index (χ2n) is 8.44. The van der Waals surface area contributed by atoms with Gasteiger partial charge < -0.3 is 14.4 Å². The van der Waals surface area contributed by atoms with E-state index in [1.165, 1.54) is 5.69 Å². The minimum atomic E-state index is -0.414. The largest absolute Gasteiger partial charge is 0.507 e. The first-order chi connectivity index (χ1) is 16.0. The number of para-hydroxylation sites is 1. The first-order valence-electron chi connectivity index (χ1n) is 11.1. The summed E-state index contributed by atoms with van der Waals surface area (Å²) in [7, 11) is 0. The van der Waals surface area contributed by atoms with Crippen LogP contribution in [0.15, 0.2) is 75.9 Å². The average Bonchev–Trinajstić information content (AvgIpc) is 2.83. The van der Waals surface area contributed by atoms with E-state index in [2.05, 4.69) is 34.1 Å². The van der Waals surface area contributed by atoms with Gasteiger partial charge in [0.1, 0.15) is 11.3 Å². The fourth-order valence-corrected chi connectivity index (χ4v) is 4.72. The molecular formula is C27H25ClN2O3. The van der Waals surface area contributed by atoms with Crippen LogP contribution in [0.3, 0.4) is 0 Å². The van der Waals surface area contributed by atoms with Crippen LogP contribution in [0.25, 0.3) is 22.1 Å². The average molecular weight is 461 g/mol. The number of benzene rings is 3. The summed E-state index contributed by atoms with van der Waals surface area (Å²) in [6, 6.07) is 21.1. The number of rotatable bonds is 4. The molecule has 5 rings (SSSR count). The third kappa shape index (κ3) is 4.22. The summed E-state index contributed by atoms with van der Waals surface area (Å²) < 4.78 is 5.82. The Morgan fingerprint density at radius 1 is 0.939 bits per heavy atom. The number of phenolic OH excluding ortho intramolecular Hbond substituents is 1. The van der Waals surface area contributed by atoms with Crippen LogP contribution in [0.5, 0.6) is 5.75 Å². The maximum atomic E-state index is 13.0. The van der Waals surface area contributed by atoms with E-state index in [1.54, 1.807) is 18.2 Å². The van der Waals surface area contributed by atoms with E-state index in [0.717, 1.165) is 42.7 Å². The monoisotopic (exact) mass is 460 g/mol. The van der Waals surface area contributed by atoms with Crippen LogP contribution in [0.2, 0.25) is 5.02 Å². The number of fused-ring (bicyclic) bond motifs is 1. The number of hydrogen-bond donors (Lipinski definition) is 1. The van der Waals surface area contributed by atoms with E-state index in [0.29, 0.717) is 28.3 Å². The quantitative estimate of drug-likeness (QED) is 0.410. The normalized spacial score (nSPS) is 14.7. The first-order valence-corrected chi connectivity index (χ1v) is 11.5. The molecule has 1 aliphatic heterocycles. The van der Waals surface area contributed by atoms with Crippen LogP contribution in [-0.2, 0) is 6.54 Å². The number of anilines is 1. The molecule has 6 heteroatoms. The molecule has 0 amide bonds. The van der Waals surface area contributed by atoms with Crippen molar-refractivity contribution >= 4 is 28.3 Å². The molecule has 1 aliphatic rings. The van der Waals surface area contributed by atoms with E-state index >= 15 is 0 Å². The molecule has 168 valence electrons. The van der Waals surface area contributed by atoms with Gasteiger partial charge in [-0.05, 0) is 54.4 Å². The van der Waals surface area contributed by atoms with Crippen molar-refractivity contribution in [3.05, 3.63) is 93.3 Å². The molecule has 4 aromatic rings. The number of halogens is 1. The highest BCUT2D eigenvalue weighted by Gasteiger charge is 2.22. The van der Waals surface area contributed by atoms with E-state index in [1.807, 2.05) is 31.2 Å². The Morgan fingerprint density at radius 3 is 2.33 bits per heavy atom. The summed E-state index contributed by atoms with van der Waals surface area (Å²) in [6.07, 6.45) is 0. The van der Waals surface area contributed by atoms with Crippen LogP contribution in [0.4, 0.5) is 5.69 Å². The highest BCUT2D eigenvalue weighted by atomic mass is 35.5. The van der Waals surface area contributed by atoms with Crippen LogP contribution in [0.1, 0.15) is 11.1 Å². The molecule has 2 heterocycles. The zero-order valence-corrected chi connectivity index (χ0v) is 19.2. The molecule has 1 saturated heterocycles. The lowest BCUT2D eigenvalue weighted by atomic mass is 9.98. The molecule has 0 radical (unpaired) electrons. The number of nitrogens with zero attached hydrogens (tertiary/aromatic N) is 2. The summed E-state index contributed by atoms with van der Waals surface area (Å²) in [6.45, 7) is 5.96. The van der Waals surface area contributed by atoms with Gasteiger partial charge in [-0.1, -0.05) is 41.9 Å². The lowest BCUT2D eigenvalue weighted by Gasteiger charge is -2.36. The van der Waals surface area contributed by atoms with Crippen molar-refractivity contribution in [2.75, 3.05) is 31.1 Å². The van der Waals surface area contributed by atoms with Gasteiger partial charge in [-0.2, -0.15) is 0 Å². The zero-order valence-electron chi connectivity index (χ0n) is 18.4. The Bertz CT molecular complexity index is 1340. The summed E-state index contributed by atoms with van der Waals surface area (Å²) in [4.78, 5) is 17.6. The maximum absolute atomic E-state index is 13.0. The van der Waals surface area contributed by atoms with Gasteiger partial charge in [0.05, 0.1) is 11.1 Å². The zero-order chi connectivity index (χ0) is 22.9. The number of aryl methyl sites for hydroxylation is 1. The first kappa shape index (κ1) is 21.6. The van der Waals surface area contributed by atoms with Crippen LogP contribution >= 0.6 is 11.6 Å². The van der Waals surface area contributed by atoms with Gasteiger partial charge in [0.15, 0.2) is 0 Å². The van der Waals surface area contributed by atoms with Gasteiger partial charge in [0.25, 0.3) is 0 Å². The Labute approximate surface area is 197 Å². The summed E-state index contributed by atoms with van der Waals surface area (Å²) >= 11 is 6.01. The molecule has 33 heavy (non-hydrogen) atoms. The maximum Gasteiger partial charge on any atom is 0.344 e. The van der Waals surface area contributed by atoms with Crippen molar-refractivity contribution in [2.45, 2.75) is 13.5 Å². The predicted molar refractivity (Wildman–Crippen MR) is 133 cm³/mol. The Hall–Kier alpha value is -3.28. The number of piperazine rings is 1. The smallest absolute Gasteiger partial charge is 0.344 e. The minimum absolute atomic E-state index is 0.148. The second kappa shape index (κ2) is 8.93. The highest BCUT2D eigenvalue weighted by Crippen LogP contribution is 2.33. The topological polar surface area (TPSA) is 56.9 Å². The van der Waals surface area contributed by atoms with Crippen molar-refractivity contribution < 1.29 is 9.52 Å². The lowest BCUT2D eigenvalue weighted by Crippen LogP contribution is -2.46. The van der Waals surface area contributed by atoms with Crippen molar-refractivity contribution in [2.24, 2.45) is 0 Å². The van der Waals surface area contributed by atoms with Crippen LogP contribution in [0, 0.1) is 6.92 Å². The Balaban J connectivity index is 1.45. The van der Waals surface area contributed by atoms with Crippen LogP contribution in [-0.4, -0.2) is 36.2 Å². The van der Waals surface area contributed by atoms with Gasteiger partial charge in [-0.25, -0.2) is 4.79 Å². The molecule has 3 aromatic carbocycles. The van der Waals surface area contributed by atoms with Crippen molar-refractivity contribution in [3.8, 4) is 16.9 Å². The van der Waals surface area contributed by atoms with Gasteiger partial charge in [0, 0.05) is 48.8 Å². The molecule has 5 nitrogen and oxygen atoms in total. The molecule has 0 saturated carbocycles. The third-order valence-corrected chi connectivity index (χ3v) is 6.67. The minimum Gasteiger partial charge on any atom is -0.507 e. The lowest BCUT2D eigenvalue weighted by molar-refractivity contribution is 0.246. The number of aromatic hydroxyl groups is 1. The molecule has 0 unspecified atom stereocenters. The van der Waals surface area contributed by atoms with Crippen molar-refractivity contribution in [1.29, 1.82) is 0 Å². The summed E-state index contributed by atoms with van der Waals surface area (Å²) in [5.74, 6) is 0.148. The fraction of sp³-hybridized carbons (Fsp3) is 0.222. The van der Waals surface area contributed by atoms with E-state index in [9.17, 15) is 9.90 Å². The Morgan fingerprint density at radius 2 is 1.64 bits per heavy atom. The number of phenols is 1. The van der Waals surface area contributed by atoms with Crippen molar-refractivity contribution in [1.82, 2.24) is 4.90 Å². The Kier molecular flexibility index (Phi) is 5.83. The third-order valence-electron chi connectivity index (χ3n) is 6.42. The van der Waals surface area contributed by atoms with E-state index in [4.69, 9.17) is 16.0 Å². The molecule has 1 fully saturated rings. The molecule has 0 bridgehead atoms.